The van der Waals surface area contributed by atoms with E-state index < -0.39 is 5.38 Å². The molecule has 162 valence electrons. The molecule has 0 saturated carbocycles. The van der Waals surface area contributed by atoms with Gasteiger partial charge in [-0.15, -0.1) is 11.6 Å². The summed E-state index contributed by atoms with van der Waals surface area (Å²) in [5.41, 5.74) is 2.78. The summed E-state index contributed by atoms with van der Waals surface area (Å²) >= 11 is 7.60. The van der Waals surface area contributed by atoms with E-state index in [1.54, 1.807) is 18.7 Å². The number of anilines is 1. The second kappa shape index (κ2) is 9.88. The van der Waals surface area contributed by atoms with Crippen molar-refractivity contribution in [1.82, 2.24) is 4.90 Å². The van der Waals surface area contributed by atoms with Crippen molar-refractivity contribution in [2.45, 2.75) is 45.5 Å². The molecule has 0 spiro atoms. The minimum atomic E-state index is -0.635. The Bertz CT molecular complexity index is 882. The zero-order valence-corrected chi connectivity index (χ0v) is 19.3. The van der Waals surface area contributed by atoms with Crippen LogP contribution in [-0.4, -0.2) is 46.2 Å². The van der Waals surface area contributed by atoms with Crippen LogP contribution in [-0.2, 0) is 14.3 Å². The van der Waals surface area contributed by atoms with E-state index in [0.29, 0.717) is 23.6 Å². The number of hydrogen-bond acceptors (Lipinski definition) is 6. The van der Waals surface area contributed by atoms with Gasteiger partial charge in [-0.05, 0) is 43.9 Å². The first-order valence-electron chi connectivity index (χ1n) is 10.2. The maximum Gasteiger partial charge on any atom is 0.338 e. The number of halogens is 1. The Morgan fingerprint density at radius 2 is 2.13 bits per heavy atom. The van der Waals surface area contributed by atoms with Gasteiger partial charge in [-0.2, -0.15) is 0 Å². The summed E-state index contributed by atoms with van der Waals surface area (Å²) in [5.74, 6) is 0.647. The van der Waals surface area contributed by atoms with Gasteiger partial charge < -0.3 is 15.0 Å². The minimum Gasteiger partial charge on any atom is -0.462 e. The maximum absolute atomic E-state index is 13.1. The molecule has 2 heterocycles. The number of benzene rings is 1. The highest BCUT2D eigenvalue weighted by Gasteiger charge is 2.38. The SMILES string of the molecule is CC1=C(C(=O)OCC(C)C)C(c2cccc(NC(=O)C(C)Cl)c2)N2CCCSC2=N1. The fraction of sp³-hybridized carbons (Fsp3) is 0.500. The maximum atomic E-state index is 13.1. The molecule has 2 aliphatic heterocycles. The third kappa shape index (κ3) is 5.19. The van der Waals surface area contributed by atoms with Crippen LogP contribution in [0, 0.1) is 5.92 Å². The summed E-state index contributed by atoms with van der Waals surface area (Å²) in [6.07, 6.45) is 1.01. The van der Waals surface area contributed by atoms with Crippen molar-refractivity contribution in [2.75, 3.05) is 24.2 Å². The number of amides is 1. The van der Waals surface area contributed by atoms with Crippen LogP contribution in [0.5, 0.6) is 0 Å². The number of esters is 1. The predicted octanol–water partition coefficient (Wildman–Crippen LogP) is 4.58. The molecule has 1 aromatic rings. The number of thioether (sulfide) groups is 1. The summed E-state index contributed by atoms with van der Waals surface area (Å²) in [6.45, 7) is 8.67. The van der Waals surface area contributed by atoms with Gasteiger partial charge in [0, 0.05) is 18.0 Å². The van der Waals surface area contributed by atoms with E-state index in [-0.39, 0.29) is 23.8 Å². The van der Waals surface area contributed by atoms with E-state index in [0.717, 1.165) is 29.4 Å². The van der Waals surface area contributed by atoms with E-state index >= 15 is 0 Å². The molecule has 1 N–H and O–H groups in total. The summed E-state index contributed by atoms with van der Waals surface area (Å²) in [6, 6.07) is 7.24. The number of carbonyl (C=O) groups is 2. The van der Waals surface area contributed by atoms with E-state index in [1.165, 1.54) is 0 Å². The lowest BCUT2D eigenvalue weighted by molar-refractivity contribution is -0.141. The van der Waals surface area contributed by atoms with E-state index in [2.05, 4.69) is 10.2 Å². The standard InChI is InChI=1S/C22H28ClN3O3S/c1-13(2)12-29-21(28)18-15(4)24-22-26(9-6-10-30-22)19(18)16-7-5-8-17(11-16)25-20(27)14(3)23/h5,7-8,11,13-14,19H,6,9-10,12H2,1-4H3,(H,25,27). The monoisotopic (exact) mass is 449 g/mol. The smallest absolute Gasteiger partial charge is 0.338 e. The largest absolute Gasteiger partial charge is 0.462 e. The topological polar surface area (TPSA) is 71.0 Å². The molecule has 1 amide bonds. The average Bonchev–Trinajstić information content (AvgIpc) is 2.71. The number of carbonyl (C=O) groups excluding carboxylic acids is 2. The number of fused-ring (bicyclic) bond motifs is 1. The Morgan fingerprint density at radius 1 is 1.37 bits per heavy atom. The molecule has 0 bridgehead atoms. The molecule has 1 saturated heterocycles. The number of ether oxygens (including phenoxy) is 1. The van der Waals surface area contributed by atoms with Crippen molar-refractivity contribution in [2.24, 2.45) is 10.9 Å². The predicted molar refractivity (Wildman–Crippen MR) is 123 cm³/mol. The average molecular weight is 450 g/mol. The molecule has 2 aliphatic rings. The van der Waals surface area contributed by atoms with Crippen molar-refractivity contribution < 1.29 is 14.3 Å². The van der Waals surface area contributed by atoms with E-state index in [4.69, 9.17) is 21.3 Å². The van der Waals surface area contributed by atoms with Gasteiger partial charge >= 0.3 is 5.97 Å². The molecular formula is C22H28ClN3O3S. The number of hydrogen-bond donors (Lipinski definition) is 1. The van der Waals surface area contributed by atoms with Crippen LogP contribution in [0.2, 0.25) is 0 Å². The summed E-state index contributed by atoms with van der Waals surface area (Å²) in [4.78, 5) is 32.0. The molecule has 2 atom stereocenters. The van der Waals surface area contributed by atoms with E-state index in [1.807, 2.05) is 45.0 Å². The number of alkyl halides is 1. The van der Waals surface area contributed by atoms with Crippen LogP contribution in [0.15, 0.2) is 40.5 Å². The summed E-state index contributed by atoms with van der Waals surface area (Å²) < 4.78 is 5.58. The van der Waals surface area contributed by atoms with Crippen molar-refractivity contribution >= 4 is 46.1 Å². The van der Waals surface area contributed by atoms with Gasteiger partial charge in [0.15, 0.2) is 5.17 Å². The van der Waals surface area contributed by atoms with Crippen molar-refractivity contribution in [3.63, 3.8) is 0 Å². The van der Waals surface area contributed by atoms with Crippen LogP contribution in [0.1, 0.15) is 45.7 Å². The van der Waals surface area contributed by atoms with Crippen LogP contribution >= 0.6 is 23.4 Å². The molecule has 6 nitrogen and oxygen atoms in total. The second-order valence-corrected chi connectivity index (χ2v) is 9.63. The third-order valence-corrected chi connectivity index (χ3v) is 6.13. The molecule has 8 heteroatoms. The van der Waals surface area contributed by atoms with Gasteiger partial charge in [-0.3, -0.25) is 4.79 Å². The number of allylic oxidation sites excluding steroid dienone is 1. The van der Waals surface area contributed by atoms with Crippen molar-refractivity contribution in [3.05, 3.63) is 41.1 Å². The highest BCUT2D eigenvalue weighted by molar-refractivity contribution is 8.13. The van der Waals surface area contributed by atoms with Gasteiger partial charge in [0.1, 0.15) is 5.38 Å². The summed E-state index contributed by atoms with van der Waals surface area (Å²) in [7, 11) is 0. The Labute approximate surface area is 187 Å². The molecule has 0 aromatic heterocycles. The number of nitrogens with one attached hydrogen (secondary N) is 1. The number of amidine groups is 1. The van der Waals surface area contributed by atoms with E-state index in [9.17, 15) is 9.59 Å². The molecule has 0 aliphatic carbocycles. The van der Waals surface area contributed by atoms with Crippen LogP contribution in [0.4, 0.5) is 5.69 Å². The van der Waals surface area contributed by atoms with Crippen LogP contribution in [0.3, 0.4) is 0 Å². The lowest BCUT2D eigenvalue weighted by Crippen LogP contribution is -2.42. The Balaban J connectivity index is 1.99. The van der Waals surface area contributed by atoms with Gasteiger partial charge in [0.05, 0.1) is 23.9 Å². The van der Waals surface area contributed by atoms with Gasteiger partial charge in [-0.1, -0.05) is 37.7 Å². The fourth-order valence-corrected chi connectivity index (χ4v) is 4.50. The first-order chi connectivity index (χ1) is 14.3. The number of rotatable bonds is 6. The molecule has 3 rings (SSSR count). The zero-order chi connectivity index (χ0) is 21.8. The minimum absolute atomic E-state index is 0.248. The first kappa shape index (κ1) is 22.7. The first-order valence-corrected chi connectivity index (χ1v) is 11.6. The highest BCUT2D eigenvalue weighted by atomic mass is 35.5. The third-order valence-electron chi connectivity index (χ3n) is 4.86. The zero-order valence-electron chi connectivity index (χ0n) is 17.8. The Hall–Kier alpha value is -1.99. The Kier molecular flexibility index (Phi) is 7.47. The molecule has 0 radical (unpaired) electrons. The number of aliphatic imine (C=N–C) groups is 1. The molecule has 1 fully saturated rings. The van der Waals surface area contributed by atoms with Gasteiger partial charge in [0.25, 0.3) is 0 Å². The quantitative estimate of drug-likeness (QED) is 0.508. The Morgan fingerprint density at radius 3 is 2.83 bits per heavy atom. The van der Waals surface area contributed by atoms with Crippen LogP contribution in [0.25, 0.3) is 0 Å². The normalized spacial score (nSPS) is 19.9. The van der Waals surface area contributed by atoms with Crippen LogP contribution < -0.4 is 5.32 Å². The van der Waals surface area contributed by atoms with Crippen molar-refractivity contribution in [3.8, 4) is 0 Å². The summed E-state index contributed by atoms with van der Waals surface area (Å²) in [5, 5.41) is 3.12. The lowest BCUT2D eigenvalue weighted by atomic mass is 9.94. The molecule has 2 unspecified atom stereocenters. The lowest BCUT2D eigenvalue weighted by Gasteiger charge is -2.40. The number of nitrogens with zero attached hydrogens (tertiary/aromatic N) is 2. The van der Waals surface area contributed by atoms with Crippen molar-refractivity contribution in [1.29, 1.82) is 0 Å². The second-order valence-electron chi connectivity index (χ2n) is 7.91. The van der Waals surface area contributed by atoms with Gasteiger partial charge in [0.2, 0.25) is 5.91 Å². The highest BCUT2D eigenvalue weighted by Crippen LogP contribution is 2.40. The molecule has 30 heavy (non-hydrogen) atoms. The molecule has 1 aromatic carbocycles. The fourth-order valence-electron chi connectivity index (χ4n) is 3.42. The molecular weight excluding hydrogens is 422 g/mol. The van der Waals surface area contributed by atoms with Gasteiger partial charge in [-0.25, -0.2) is 9.79 Å².